The van der Waals surface area contributed by atoms with Crippen molar-refractivity contribution in [2.24, 2.45) is 0 Å². The first-order valence-corrected chi connectivity index (χ1v) is 10.1. The minimum atomic E-state index is -3.77. The Balaban J connectivity index is 1.96. The van der Waals surface area contributed by atoms with Crippen LogP contribution in [0.5, 0.6) is 0 Å². The van der Waals surface area contributed by atoms with Crippen LogP contribution in [-0.4, -0.2) is 19.5 Å². The van der Waals surface area contributed by atoms with E-state index >= 15 is 0 Å². The minimum absolute atomic E-state index is 0.158. The Hall–Kier alpha value is -3.16. The lowest BCUT2D eigenvalue weighted by Gasteiger charge is -2.17. The second-order valence-electron chi connectivity index (χ2n) is 6.37. The molecule has 0 heterocycles. The molecule has 0 bridgehead atoms. The molecule has 0 spiro atoms. The van der Waals surface area contributed by atoms with E-state index in [1.807, 2.05) is 19.1 Å². The second kappa shape index (κ2) is 8.24. The molecule has 0 fully saturated rings. The second-order valence-corrected chi connectivity index (χ2v) is 8.05. The van der Waals surface area contributed by atoms with Crippen molar-refractivity contribution in [2.45, 2.75) is 17.7 Å². The molecule has 1 unspecified atom stereocenters. The molecule has 6 nitrogen and oxygen atoms in total. The molecule has 7 heteroatoms. The highest BCUT2D eigenvalue weighted by atomic mass is 32.2. The van der Waals surface area contributed by atoms with E-state index in [0.29, 0.717) is 16.8 Å². The highest BCUT2D eigenvalue weighted by molar-refractivity contribution is 7.92. The smallest absolute Gasteiger partial charge is 0.261 e. The quantitative estimate of drug-likeness (QED) is 0.439. The number of sulfonamides is 1. The molecule has 144 valence electrons. The van der Waals surface area contributed by atoms with Crippen LogP contribution in [-0.2, 0) is 14.8 Å². The van der Waals surface area contributed by atoms with Gasteiger partial charge < -0.3 is 0 Å². The number of hydrogen-bond donors (Lipinski definition) is 3. The van der Waals surface area contributed by atoms with Gasteiger partial charge >= 0.3 is 0 Å². The van der Waals surface area contributed by atoms with Gasteiger partial charge in [0.2, 0.25) is 0 Å². The zero-order valence-electron chi connectivity index (χ0n) is 15.2. The van der Waals surface area contributed by atoms with E-state index in [2.05, 4.69) is 4.72 Å². The van der Waals surface area contributed by atoms with Crippen molar-refractivity contribution >= 4 is 21.6 Å². The van der Waals surface area contributed by atoms with E-state index in [9.17, 15) is 13.2 Å². The molecule has 0 aromatic heterocycles. The molecule has 1 atom stereocenters. The maximum absolute atomic E-state index is 12.7. The number of nitrogens with one attached hydrogen (secondary N) is 2. The number of hydroxylamine groups is 1. The maximum Gasteiger partial charge on any atom is 0.261 e. The Kier molecular flexibility index (Phi) is 5.77. The molecule has 28 heavy (non-hydrogen) atoms. The number of rotatable bonds is 6. The van der Waals surface area contributed by atoms with Crippen molar-refractivity contribution in [1.29, 1.82) is 0 Å². The predicted molar refractivity (Wildman–Crippen MR) is 107 cm³/mol. The molecular formula is C21H20N2O4S. The average molecular weight is 396 g/mol. The van der Waals surface area contributed by atoms with Crippen LogP contribution in [0.4, 0.5) is 5.69 Å². The lowest BCUT2D eigenvalue weighted by Crippen LogP contribution is -2.27. The fourth-order valence-corrected chi connectivity index (χ4v) is 4.14. The van der Waals surface area contributed by atoms with Gasteiger partial charge in [-0.2, -0.15) is 0 Å². The number of benzene rings is 3. The zero-order chi connectivity index (χ0) is 20.1. The summed E-state index contributed by atoms with van der Waals surface area (Å²) in [4.78, 5) is 12.4. The highest BCUT2D eigenvalue weighted by Crippen LogP contribution is 2.28. The Morgan fingerprint density at radius 3 is 2.25 bits per heavy atom. The largest absolute Gasteiger partial charge is 0.289 e. The molecule has 0 saturated heterocycles. The van der Waals surface area contributed by atoms with Crippen LogP contribution in [0, 0.1) is 6.92 Å². The number of amides is 1. The SMILES string of the molecule is Cc1cccc(S(=O)(=O)Nc2cccc(C(C(=O)NO)c3ccccc3)c2)c1. The molecular weight excluding hydrogens is 376 g/mol. The van der Waals surface area contributed by atoms with Crippen molar-refractivity contribution in [3.8, 4) is 0 Å². The van der Waals surface area contributed by atoms with Crippen molar-refractivity contribution in [2.75, 3.05) is 4.72 Å². The van der Waals surface area contributed by atoms with Crippen molar-refractivity contribution in [3.63, 3.8) is 0 Å². The fourth-order valence-electron chi connectivity index (χ4n) is 2.98. The Bertz CT molecular complexity index is 1080. The summed E-state index contributed by atoms with van der Waals surface area (Å²) in [5.41, 5.74) is 4.06. The number of carbonyl (C=O) groups excluding carboxylic acids is 1. The van der Waals surface area contributed by atoms with Crippen LogP contribution in [0.3, 0.4) is 0 Å². The molecule has 1 amide bonds. The van der Waals surface area contributed by atoms with E-state index in [-0.39, 0.29) is 4.90 Å². The molecule has 0 radical (unpaired) electrons. The van der Waals surface area contributed by atoms with Gasteiger partial charge in [0.05, 0.1) is 10.8 Å². The standard InChI is InChI=1S/C21H20N2O4S/c1-15-7-5-12-19(13-15)28(26,27)23-18-11-6-10-17(14-18)20(21(24)22-25)16-8-3-2-4-9-16/h2-14,20,23,25H,1H3,(H,22,24). The van der Waals surface area contributed by atoms with E-state index in [4.69, 9.17) is 5.21 Å². The summed E-state index contributed by atoms with van der Waals surface area (Å²) in [5.74, 6) is -1.39. The van der Waals surface area contributed by atoms with Gasteiger partial charge in [-0.1, -0.05) is 54.6 Å². The molecule has 0 aliphatic rings. The summed E-state index contributed by atoms with van der Waals surface area (Å²) in [6.07, 6.45) is 0. The molecule has 3 aromatic rings. The third-order valence-electron chi connectivity index (χ3n) is 4.28. The van der Waals surface area contributed by atoms with E-state index in [0.717, 1.165) is 5.56 Å². The summed E-state index contributed by atoms with van der Waals surface area (Å²) in [7, 11) is -3.77. The van der Waals surface area contributed by atoms with Crippen LogP contribution in [0.1, 0.15) is 22.6 Å². The fraction of sp³-hybridized carbons (Fsp3) is 0.0952. The van der Waals surface area contributed by atoms with Gasteiger partial charge in [-0.15, -0.1) is 0 Å². The summed E-state index contributed by atoms with van der Waals surface area (Å²) in [6.45, 7) is 1.82. The van der Waals surface area contributed by atoms with E-state index in [1.54, 1.807) is 66.1 Å². The molecule has 3 aromatic carbocycles. The summed E-state index contributed by atoms with van der Waals surface area (Å²) in [5, 5.41) is 9.15. The number of anilines is 1. The first-order valence-electron chi connectivity index (χ1n) is 8.59. The highest BCUT2D eigenvalue weighted by Gasteiger charge is 2.23. The van der Waals surface area contributed by atoms with E-state index < -0.39 is 21.8 Å². The van der Waals surface area contributed by atoms with Gasteiger partial charge in [-0.05, 0) is 47.9 Å². The van der Waals surface area contributed by atoms with Gasteiger partial charge in [-0.3, -0.25) is 14.7 Å². The molecule has 0 aliphatic heterocycles. The van der Waals surface area contributed by atoms with Gasteiger partial charge in [0, 0.05) is 5.69 Å². The topological polar surface area (TPSA) is 95.5 Å². The lowest BCUT2D eigenvalue weighted by molar-refractivity contribution is -0.129. The monoisotopic (exact) mass is 396 g/mol. The zero-order valence-corrected chi connectivity index (χ0v) is 16.0. The van der Waals surface area contributed by atoms with E-state index in [1.165, 1.54) is 6.07 Å². The first-order chi connectivity index (χ1) is 13.4. The van der Waals surface area contributed by atoms with Gasteiger partial charge in [0.25, 0.3) is 15.9 Å². The Morgan fingerprint density at radius 2 is 1.57 bits per heavy atom. The first kappa shape index (κ1) is 19.6. The normalized spacial score (nSPS) is 12.2. The third kappa shape index (κ3) is 4.39. The number of aryl methyl sites for hydroxylation is 1. The summed E-state index contributed by atoms with van der Waals surface area (Å²) < 4.78 is 27.9. The summed E-state index contributed by atoms with van der Waals surface area (Å²) >= 11 is 0. The average Bonchev–Trinajstić information content (AvgIpc) is 2.69. The van der Waals surface area contributed by atoms with Crippen LogP contribution in [0.25, 0.3) is 0 Å². The molecule has 0 aliphatic carbocycles. The van der Waals surface area contributed by atoms with Crippen LogP contribution in [0.15, 0.2) is 83.8 Å². The van der Waals surface area contributed by atoms with Crippen molar-refractivity contribution < 1.29 is 18.4 Å². The van der Waals surface area contributed by atoms with Gasteiger partial charge in [0.15, 0.2) is 0 Å². The minimum Gasteiger partial charge on any atom is -0.289 e. The predicted octanol–water partition coefficient (Wildman–Crippen LogP) is 3.43. The van der Waals surface area contributed by atoms with Crippen molar-refractivity contribution in [1.82, 2.24) is 5.48 Å². The van der Waals surface area contributed by atoms with Crippen LogP contribution < -0.4 is 10.2 Å². The Morgan fingerprint density at radius 1 is 0.893 bits per heavy atom. The van der Waals surface area contributed by atoms with Crippen LogP contribution >= 0.6 is 0 Å². The third-order valence-corrected chi connectivity index (χ3v) is 5.66. The number of carbonyl (C=O) groups is 1. The summed E-state index contributed by atoms with van der Waals surface area (Å²) in [6, 6.07) is 22.1. The van der Waals surface area contributed by atoms with Crippen LogP contribution in [0.2, 0.25) is 0 Å². The van der Waals surface area contributed by atoms with Gasteiger partial charge in [0.1, 0.15) is 0 Å². The van der Waals surface area contributed by atoms with Gasteiger partial charge in [-0.25, -0.2) is 13.9 Å². The maximum atomic E-state index is 12.7. The Labute approximate surface area is 163 Å². The van der Waals surface area contributed by atoms with Crippen molar-refractivity contribution in [3.05, 3.63) is 95.6 Å². The lowest BCUT2D eigenvalue weighted by atomic mass is 9.90. The molecule has 3 N–H and O–H groups in total. The number of hydrogen-bond acceptors (Lipinski definition) is 4. The molecule has 3 rings (SSSR count). The molecule has 0 saturated carbocycles.